The lowest BCUT2D eigenvalue weighted by Gasteiger charge is -2.30. The first-order valence-electron chi connectivity index (χ1n) is 29.5. The number of amides is 11. The molecule has 4 rings (SSSR count). The monoisotopic (exact) mass is 1200 g/mol. The van der Waals surface area contributed by atoms with Crippen molar-refractivity contribution < 1.29 is 57.8 Å². The summed E-state index contributed by atoms with van der Waals surface area (Å²) in [6.45, 7) is 6.72. The molecule has 2 fully saturated rings. The zero-order valence-electron chi connectivity index (χ0n) is 49.8. The Balaban J connectivity index is 1.47. The van der Waals surface area contributed by atoms with Crippen molar-refractivity contribution >= 4 is 70.9 Å². The van der Waals surface area contributed by atoms with Crippen molar-refractivity contribution in [3.63, 3.8) is 0 Å². The lowest BCUT2D eigenvalue weighted by molar-refractivity contribution is -0.142. The number of carbonyl (C=O) groups excluding carboxylic acids is 11. The number of carbonyl (C=O) groups is 11. The fourth-order valence-electron chi connectivity index (χ4n) is 10.2. The predicted molar refractivity (Wildman–Crippen MR) is 319 cm³/mol. The lowest BCUT2D eigenvalue weighted by atomic mass is 10.00. The van der Waals surface area contributed by atoms with Crippen LogP contribution in [0, 0.1) is 5.92 Å². The molecule has 0 radical (unpaired) electrons. The highest BCUT2D eigenvalue weighted by atomic mass is 16.3. The highest BCUT2D eigenvalue weighted by Gasteiger charge is 2.41. The van der Waals surface area contributed by atoms with Crippen molar-refractivity contribution in [2.75, 3.05) is 39.3 Å². The number of likely N-dealkylation sites (tertiary alicyclic amines) is 2. The summed E-state index contributed by atoms with van der Waals surface area (Å²) in [6, 6.07) is 4.49. The largest absolute Gasteiger partial charge is 0.508 e. The molecular formula is C58H90N16O12. The minimum atomic E-state index is -1.29. The fourth-order valence-corrected chi connectivity index (χ4v) is 10.2. The second-order valence-corrected chi connectivity index (χ2v) is 22.2. The Labute approximate surface area is 501 Å². The number of hydrogen-bond donors (Lipinski definition) is 14. The summed E-state index contributed by atoms with van der Waals surface area (Å²) >= 11 is 0. The number of guanidine groups is 1. The summed E-state index contributed by atoms with van der Waals surface area (Å²) in [6.07, 6.45) is 3.44. The molecule has 28 nitrogen and oxygen atoms in total. The van der Waals surface area contributed by atoms with Crippen LogP contribution < -0.4 is 71.2 Å². The van der Waals surface area contributed by atoms with Gasteiger partial charge in [-0.2, -0.15) is 0 Å². The van der Waals surface area contributed by atoms with Crippen molar-refractivity contribution in [3.05, 3.63) is 65.7 Å². The maximum Gasteiger partial charge on any atom is 0.245 e. The molecule has 0 spiro atoms. The van der Waals surface area contributed by atoms with Crippen LogP contribution in [0.1, 0.15) is 116 Å². The Bertz CT molecular complexity index is 2660. The second kappa shape index (κ2) is 35.8. The molecule has 86 heavy (non-hydrogen) atoms. The van der Waals surface area contributed by atoms with Crippen molar-refractivity contribution in [2.45, 2.75) is 172 Å². The van der Waals surface area contributed by atoms with Gasteiger partial charge in [0, 0.05) is 39.4 Å². The van der Waals surface area contributed by atoms with Crippen LogP contribution in [0.4, 0.5) is 0 Å². The topological polar surface area (TPSA) is 453 Å². The molecule has 0 aliphatic carbocycles. The quantitative estimate of drug-likeness (QED) is 0.0188. The molecule has 2 aliphatic rings. The molecule has 0 aromatic heterocycles. The summed E-state index contributed by atoms with van der Waals surface area (Å²) in [7, 11) is 0. The summed E-state index contributed by atoms with van der Waals surface area (Å²) in [5, 5.41) is 31.1. The van der Waals surface area contributed by atoms with Crippen molar-refractivity contribution in [1.82, 2.24) is 52.3 Å². The third-order valence-electron chi connectivity index (χ3n) is 14.7. The van der Waals surface area contributed by atoms with Gasteiger partial charge in [-0.1, -0.05) is 56.3 Å². The number of hydrogen-bond acceptors (Lipinski definition) is 15. The molecule has 0 saturated carbocycles. The maximum atomic E-state index is 14.5. The summed E-state index contributed by atoms with van der Waals surface area (Å²) < 4.78 is 0. The van der Waals surface area contributed by atoms with Crippen LogP contribution in [0.5, 0.6) is 5.75 Å². The van der Waals surface area contributed by atoms with Crippen LogP contribution in [-0.4, -0.2) is 179 Å². The Kier molecular flexibility index (Phi) is 29.2. The van der Waals surface area contributed by atoms with E-state index in [0.717, 1.165) is 0 Å². The van der Waals surface area contributed by atoms with Gasteiger partial charge in [-0.15, -0.1) is 0 Å². The van der Waals surface area contributed by atoms with Gasteiger partial charge in [-0.25, -0.2) is 0 Å². The molecule has 0 unspecified atom stereocenters. The normalized spacial score (nSPS) is 17.1. The van der Waals surface area contributed by atoms with Gasteiger partial charge >= 0.3 is 0 Å². The number of rotatable bonds is 35. The van der Waals surface area contributed by atoms with E-state index in [1.54, 1.807) is 42.5 Å². The maximum absolute atomic E-state index is 14.5. The average molecular weight is 1200 g/mol. The highest BCUT2D eigenvalue weighted by Crippen LogP contribution is 2.22. The van der Waals surface area contributed by atoms with Gasteiger partial charge in [-0.3, -0.25) is 57.7 Å². The predicted octanol–water partition coefficient (Wildman–Crippen LogP) is -2.84. The number of nitrogens with zero attached hydrogens (tertiary/aromatic N) is 3. The third-order valence-corrected chi connectivity index (χ3v) is 14.7. The lowest BCUT2D eigenvalue weighted by Crippen LogP contribution is -2.60. The van der Waals surface area contributed by atoms with Crippen LogP contribution in [0.15, 0.2) is 59.6 Å². The van der Waals surface area contributed by atoms with E-state index in [1.165, 1.54) is 35.8 Å². The van der Waals surface area contributed by atoms with E-state index in [2.05, 4.69) is 47.5 Å². The van der Waals surface area contributed by atoms with Crippen molar-refractivity contribution in [1.29, 1.82) is 0 Å². The average Bonchev–Trinajstić information content (AvgIpc) is 2.99. The second-order valence-electron chi connectivity index (χ2n) is 22.2. The van der Waals surface area contributed by atoms with Crippen LogP contribution in [0.25, 0.3) is 0 Å². The highest BCUT2D eigenvalue weighted by molar-refractivity contribution is 5.99. The zero-order valence-corrected chi connectivity index (χ0v) is 49.8. The molecule has 9 atom stereocenters. The van der Waals surface area contributed by atoms with E-state index in [9.17, 15) is 57.8 Å². The van der Waals surface area contributed by atoms with Gasteiger partial charge in [0.1, 0.15) is 60.1 Å². The minimum Gasteiger partial charge on any atom is -0.508 e. The molecule has 11 amide bonds. The number of nitrogens with one attached hydrogen (secondary N) is 8. The van der Waals surface area contributed by atoms with Crippen molar-refractivity contribution in [2.24, 2.45) is 39.6 Å². The molecule has 28 heteroatoms. The summed E-state index contributed by atoms with van der Waals surface area (Å²) in [4.78, 5) is 157. The molecule has 19 N–H and O–H groups in total. The van der Waals surface area contributed by atoms with Crippen LogP contribution in [0.2, 0.25) is 0 Å². The summed E-state index contributed by atoms with van der Waals surface area (Å²) in [5.74, 6) is -7.69. The molecule has 2 aromatic carbocycles. The van der Waals surface area contributed by atoms with E-state index >= 15 is 0 Å². The number of unbranched alkanes of at least 4 members (excludes halogenated alkanes) is 1. The molecule has 0 bridgehead atoms. The number of phenols is 1. The Morgan fingerprint density at radius 2 is 1.09 bits per heavy atom. The summed E-state index contributed by atoms with van der Waals surface area (Å²) in [5.41, 5.74) is 29.4. The number of phenolic OH excluding ortho intramolecular Hbond substituents is 1. The van der Waals surface area contributed by atoms with Gasteiger partial charge in [0.2, 0.25) is 65.0 Å². The van der Waals surface area contributed by atoms with E-state index < -0.39 is 126 Å². The number of nitrogens with two attached hydrogens (primary N) is 5. The first kappa shape index (κ1) is 70.1. The standard InChI is InChI=1S/C58H90N16O12/c1-34(2)30-43(71-54(83)45(31-37-14-6-5-7-15-37)72-55(84)46-19-12-28-73(46)48(77)33-65-51(80)44(67-36(4)75)32-38-21-23-39(76)24-22-38)53(82)69-41(17-10-26-60)52(81)66-35(3)50(79)70-42(18-11-27-64-58(62)63)57(86)74-29-13-20-47(74)56(85)68-40(49(61)78)16-8-9-25-59/h5-7,14-15,21-24,34-35,40-47,76H,8-13,16-20,25-33,59-60H2,1-4H3,(H2,61,78)(H,65,80)(H,66,81)(H,67,75)(H,68,85)(H,69,82)(H,70,79)(H,71,83)(H,72,84)(H4,62,63,64)/t35-,40+,41+,42+,43+,44+,45+,46+,47+/m1/s1. The SMILES string of the molecule is CC(=O)N[C@@H](Cc1ccc(O)cc1)C(=O)NCC(=O)N1CCC[C@H]1C(=O)N[C@@H](Cc1ccccc1)C(=O)N[C@@H](CC(C)C)C(=O)N[C@@H](CCCN)C(=O)N[C@H](C)C(=O)N[C@@H](CCCN=C(N)N)C(=O)N1CCC[C@H]1C(=O)N[C@@H](CCCCN)C(N)=O. The van der Waals surface area contributed by atoms with Gasteiger partial charge in [-0.05, 0) is 126 Å². The Morgan fingerprint density at radius 3 is 1.69 bits per heavy atom. The molecular weight excluding hydrogens is 1110 g/mol. The fraction of sp³-hybridized carbons (Fsp3) is 0.586. The van der Waals surface area contributed by atoms with Gasteiger partial charge in [0.15, 0.2) is 5.96 Å². The van der Waals surface area contributed by atoms with E-state index in [1.807, 2.05) is 13.8 Å². The van der Waals surface area contributed by atoms with E-state index in [0.29, 0.717) is 43.4 Å². The number of aliphatic imine (C=N–C) groups is 1. The van der Waals surface area contributed by atoms with E-state index in [4.69, 9.17) is 28.7 Å². The number of primary amides is 1. The van der Waals surface area contributed by atoms with Crippen LogP contribution in [-0.2, 0) is 65.6 Å². The molecule has 2 aromatic rings. The first-order chi connectivity index (χ1) is 40.9. The molecule has 2 saturated heterocycles. The number of aromatic hydroxyl groups is 1. The Morgan fingerprint density at radius 1 is 0.570 bits per heavy atom. The van der Waals surface area contributed by atoms with Gasteiger partial charge in [0.05, 0.1) is 6.54 Å². The van der Waals surface area contributed by atoms with Gasteiger partial charge < -0.3 is 86.1 Å². The van der Waals surface area contributed by atoms with Crippen molar-refractivity contribution in [3.8, 4) is 5.75 Å². The first-order valence-corrected chi connectivity index (χ1v) is 29.5. The van der Waals surface area contributed by atoms with E-state index in [-0.39, 0.29) is 108 Å². The van der Waals surface area contributed by atoms with Crippen LogP contribution in [0.3, 0.4) is 0 Å². The molecule has 474 valence electrons. The van der Waals surface area contributed by atoms with Crippen LogP contribution >= 0.6 is 0 Å². The minimum absolute atomic E-state index is 0.0153. The smallest absolute Gasteiger partial charge is 0.245 e. The Hall–Kier alpha value is -8.40. The molecule has 2 aliphatic heterocycles. The zero-order chi connectivity index (χ0) is 63.5. The molecule has 2 heterocycles. The number of benzene rings is 2. The third kappa shape index (κ3) is 23.2. The van der Waals surface area contributed by atoms with Gasteiger partial charge in [0.25, 0.3) is 0 Å².